The molecular formula is C32H23N4O6P. The lowest BCUT2D eigenvalue weighted by molar-refractivity contribution is 0.206. The summed E-state index contributed by atoms with van der Waals surface area (Å²) in [6.07, 6.45) is 1.40. The maximum absolute atomic E-state index is 13.8. The molecule has 0 aliphatic heterocycles. The van der Waals surface area contributed by atoms with Crippen LogP contribution in [0.3, 0.4) is 0 Å². The zero-order valence-electron chi connectivity index (χ0n) is 22.9. The Morgan fingerprint density at radius 1 is 0.581 bits per heavy atom. The van der Waals surface area contributed by atoms with E-state index in [-0.39, 0.29) is 40.4 Å². The van der Waals surface area contributed by atoms with Gasteiger partial charge in [-0.05, 0) is 67.1 Å². The maximum atomic E-state index is 13.8. The Labute approximate surface area is 248 Å². The van der Waals surface area contributed by atoms with E-state index in [1.54, 1.807) is 48.5 Å². The summed E-state index contributed by atoms with van der Waals surface area (Å²) in [4.78, 5) is 0. The van der Waals surface area contributed by atoms with Crippen LogP contribution in [0.2, 0.25) is 0 Å². The van der Waals surface area contributed by atoms with Gasteiger partial charge in [-0.25, -0.2) is 4.57 Å². The molecule has 0 bridgehead atoms. The first-order valence-electron chi connectivity index (χ1n) is 13.0. The molecule has 0 fully saturated rings. The lowest BCUT2D eigenvalue weighted by atomic mass is 10.1. The Balaban J connectivity index is 1.53. The van der Waals surface area contributed by atoms with E-state index in [0.29, 0.717) is 29.4 Å². The third-order valence-electron chi connectivity index (χ3n) is 5.73. The standard InChI is InChI=1S/C32H23N4O6P/c1-2-3-14-38-43(37,41-31-8-4-6-27(17-31)39-29-12-10-23(19-33)25(15-29)21-35)42-32-9-5-7-28(18-32)40-30-13-11-24(20-34)26(16-30)22-36/h4-13,15-18H,2-3,14H2,1H3. The van der Waals surface area contributed by atoms with E-state index in [9.17, 15) is 15.1 Å². The van der Waals surface area contributed by atoms with Gasteiger partial charge in [0.25, 0.3) is 0 Å². The second-order valence-corrected chi connectivity index (χ2v) is 10.4. The molecule has 10 nitrogen and oxygen atoms in total. The highest BCUT2D eigenvalue weighted by Gasteiger charge is 2.31. The van der Waals surface area contributed by atoms with Crippen LogP contribution in [0.1, 0.15) is 42.0 Å². The van der Waals surface area contributed by atoms with Crippen molar-refractivity contribution >= 4 is 7.82 Å². The number of hydrogen-bond donors (Lipinski definition) is 0. The summed E-state index contributed by atoms with van der Waals surface area (Å²) in [5, 5.41) is 36.9. The fourth-order valence-corrected chi connectivity index (χ4v) is 4.90. The van der Waals surface area contributed by atoms with E-state index in [0.717, 1.165) is 6.42 Å². The average Bonchev–Trinajstić information content (AvgIpc) is 3.01. The van der Waals surface area contributed by atoms with Crippen LogP contribution in [-0.2, 0) is 9.09 Å². The van der Waals surface area contributed by atoms with Crippen molar-refractivity contribution < 1.29 is 27.6 Å². The van der Waals surface area contributed by atoms with E-state index < -0.39 is 7.82 Å². The van der Waals surface area contributed by atoms with Gasteiger partial charge in [0.2, 0.25) is 0 Å². The summed E-state index contributed by atoms with van der Waals surface area (Å²) >= 11 is 0. The van der Waals surface area contributed by atoms with Crippen molar-refractivity contribution in [1.82, 2.24) is 0 Å². The zero-order chi connectivity index (χ0) is 30.7. The molecule has 0 saturated heterocycles. The van der Waals surface area contributed by atoms with Gasteiger partial charge in [-0.2, -0.15) is 21.0 Å². The zero-order valence-corrected chi connectivity index (χ0v) is 23.8. The number of unbranched alkanes of at least 4 members (excludes halogenated alkanes) is 1. The smallest absolute Gasteiger partial charge is 0.457 e. The van der Waals surface area contributed by atoms with Crippen molar-refractivity contribution in [2.24, 2.45) is 0 Å². The summed E-state index contributed by atoms with van der Waals surface area (Å²) < 4.78 is 42.6. The minimum Gasteiger partial charge on any atom is -0.457 e. The number of phosphoric acid groups is 1. The molecule has 43 heavy (non-hydrogen) atoms. The summed E-state index contributed by atoms with van der Waals surface area (Å²) in [6, 6.07) is 29.4. The van der Waals surface area contributed by atoms with Gasteiger partial charge in [0.15, 0.2) is 0 Å². The number of ether oxygens (including phenoxy) is 2. The van der Waals surface area contributed by atoms with Gasteiger partial charge >= 0.3 is 7.82 Å². The highest BCUT2D eigenvalue weighted by Crippen LogP contribution is 2.50. The number of phosphoric ester groups is 1. The topological polar surface area (TPSA) is 158 Å². The van der Waals surface area contributed by atoms with E-state index in [2.05, 4.69) is 0 Å². The molecule has 0 unspecified atom stereocenters. The van der Waals surface area contributed by atoms with Gasteiger partial charge in [0.05, 0.1) is 28.9 Å². The highest BCUT2D eigenvalue weighted by molar-refractivity contribution is 7.49. The Bertz CT molecular complexity index is 1720. The maximum Gasteiger partial charge on any atom is 0.587 e. The molecule has 0 aliphatic rings. The lowest BCUT2D eigenvalue weighted by Crippen LogP contribution is -2.06. The van der Waals surface area contributed by atoms with Crippen molar-refractivity contribution in [1.29, 1.82) is 21.0 Å². The normalized spacial score (nSPS) is 10.3. The van der Waals surface area contributed by atoms with Crippen LogP contribution in [0.25, 0.3) is 0 Å². The molecule has 11 heteroatoms. The van der Waals surface area contributed by atoms with Crippen molar-refractivity contribution in [2.45, 2.75) is 19.8 Å². The summed E-state index contributed by atoms with van der Waals surface area (Å²) in [6.45, 7) is 2.07. The number of rotatable bonds is 12. The van der Waals surface area contributed by atoms with Crippen molar-refractivity contribution in [3.05, 3.63) is 107 Å². The first-order chi connectivity index (χ1) is 20.9. The summed E-state index contributed by atoms with van der Waals surface area (Å²) in [5.41, 5.74) is 0.802. The SMILES string of the molecule is CCCCOP(=O)(Oc1cccc(Oc2ccc(C#N)c(C#N)c2)c1)Oc1cccc(Oc2ccc(C#N)c(C#N)c2)c1. The Morgan fingerprint density at radius 3 is 1.42 bits per heavy atom. The minimum atomic E-state index is -4.21. The number of nitrogens with zero attached hydrogens (tertiary/aromatic N) is 4. The van der Waals surface area contributed by atoms with Crippen LogP contribution in [0.15, 0.2) is 84.9 Å². The molecule has 0 aliphatic carbocycles. The molecule has 0 amide bonds. The Morgan fingerprint density at radius 2 is 1.00 bits per heavy atom. The first kappa shape index (κ1) is 30.2. The molecule has 0 saturated carbocycles. The van der Waals surface area contributed by atoms with Gasteiger partial charge in [0.1, 0.15) is 58.8 Å². The third-order valence-corrected chi connectivity index (χ3v) is 7.10. The molecule has 0 spiro atoms. The number of benzene rings is 4. The van der Waals surface area contributed by atoms with E-state index in [1.165, 1.54) is 36.4 Å². The Hall–Kier alpha value is -5.77. The Kier molecular flexibility index (Phi) is 9.99. The molecule has 4 aromatic carbocycles. The predicted octanol–water partition coefficient (Wildman–Crippen LogP) is 8.14. The highest BCUT2D eigenvalue weighted by atomic mass is 31.2. The van der Waals surface area contributed by atoms with Gasteiger partial charge in [-0.1, -0.05) is 25.5 Å². The molecule has 0 heterocycles. The van der Waals surface area contributed by atoms with E-state index in [4.69, 9.17) is 33.6 Å². The molecule has 4 aromatic rings. The minimum absolute atomic E-state index is 0.116. The monoisotopic (exact) mass is 590 g/mol. The van der Waals surface area contributed by atoms with E-state index >= 15 is 0 Å². The summed E-state index contributed by atoms with van der Waals surface area (Å²) in [5.74, 6) is 1.57. The van der Waals surface area contributed by atoms with Gasteiger partial charge < -0.3 is 18.5 Å². The molecule has 0 N–H and O–H groups in total. The summed E-state index contributed by atoms with van der Waals surface area (Å²) in [7, 11) is -4.21. The van der Waals surface area contributed by atoms with Crippen LogP contribution in [0.4, 0.5) is 0 Å². The predicted molar refractivity (Wildman–Crippen MR) is 154 cm³/mol. The van der Waals surface area contributed by atoms with E-state index in [1.807, 2.05) is 31.2 Å². The van der Waals surface area contributed by atoms with Crippen molar-refractivity contribution in [2.75, 3.05) is 6.61 Å². The second kappa shape index (κ2) is 14.2. The lowest BCUT2D eigenvalue weighted by Gasteiger charge is -2.20. The number of nitriles is 4. The van der Waals surface area contributed by atoms with Crippen LogP contribution < -0.4 is 18.5 Å². The average molecular weight is 591 g/mol. The van der Waals surface area contributed by atoms with Crippen LogP contribution in [-0.4, -0.2) is 6.61 Å². The van der Waals surface area contributed by atoms with Crippen molar-refractivity contribution in [3.63, 3.8) is 0 Å². The second-order valence-electron chi connectivity index (χ2n) is 8.83. The molecule has 0 atom stereocenters. The van der Waals surface area contributed by atoms with Gasteiger partial charge in [0, 0.05) is 12.1 Å². The van der Waals surface area contributed by atoms with Gasteiger partial charge in [-0.15, -0.1) is 0 Å². The fraction of sp³-hybridized carbons (Fsp3) is 0.125. The van der Waals surface area contributed by atoms with Crippen LogP contribution in [0, 0.1) is 45.3 Å². The first-order valence-corrected chi connectivity index (χ1v) is 14.4. The molecule has 0 aromatic heterocycles. The number of hydrogen-bond acceptors (Lipinski definition) is 10. The molecule has 212 valence electrons. The van der Waals surface area contributed by atoms with Crippen LogP contribution >= 0.6 is 7.82 Å². The third kappa shape index (κ3) is 8.14. The molecule has 4 rings (SSSR count). The fourth-order valence-electron chi connectivity index (χ4n) is 3.67. The quantitative estimate of drug-likeness (QED) is 0.116. The van der Waals surface area contributed by atoms with Crippen LogP contribution in [0.5, 0.6) is 34.5 Å². The largest absolute Gasteiger partial charge is 0.587 e. The van der Waals surface area contributed by atoms with Crippen molar-refractivity contribution in [3.8, 4) is 58.8 Å². The molecule has 0 radical (unpaired) electrons. The molecular weight excluding hydrogens is 567 g/mol. The van der Waals surface area contributed by atoms with Gasteiger partial charge in [-0.3, -0.25) is 4.52 Å².